The van der Waals surface area contributed by atoms with Crippen molar-refractivity contribution in [3.05, 3.63) is 94.4 Å². The maximum Gasteiger partial charge on any atom is 0.271 e. The molecule has 0 amide bonds. The third-order valence-electron chi connectivity index (χ3n) is 4.19. The molecule has 0 fully saturated rings. The molecule has 0 radical (unpaired) electrons. The predicted molar refractivity (Wildman–Crippen MR) is 94.6 cm³/mol. The van der Waals surface area contributed by atoms with Crippen LogP contribution in [-0.2, 0) is 0 Å². The molecule has 0 spiro atoms. The minimum atomic E-state index is -0.400. The van der Waals surface area contributed by atoms with Crippen LogP contribution >= 0.6 is 0 Å². The van der Waals surface area contributed by atoms with E-state index in [-0.39, 0.29) is 11.7 Å². The zero-order chi connectivity index (χ0) is 17.2. The molecule has 3 aromatic rings. The lowest BCUT2D eigenvalue weighted by Gasteiger charge is -2.21. The molecule has 2 heterocycles. The first-order valence-corrected chi connectivity index (χ1v) is 7.92. The van der Waals surface area contributed by atoms with Gasteiger partial charge in [-0.1, -0.05) is 36.4 Å². The molecule has 1 atom stereocenters. The average Bonchev–Trinajstić information content (AvgIpc) is 3.32. The van der Waals surface area contributed by atoms with Gasteiger partial charge in [-0.3, -0.25) is 15.1 Å². The highest BCUT2D eigenvalue weighted by Crippen LogP contribution is 2.37. The number of benzene rings is 2. The molecule has 2 aromatic carbocycles. The summed E-state index contributed by atoms with van der Waals surface area (Å²) in [5.41, 5.74) is 2.67. The van der Waals surface area contributed by atoms with E-state index in [0.717, 1.165) is 17.0 Å². The number of hydrogen-bond donors (Lipinski definition) is 0. The summed E-state index contributed by atoms with van der Waals surface area (Å²) >= 11 is 0. The number of furan rings is 1. The van der Waals surface area contributed by atoms with E-state index in [1.165, 1.54) is 12.1 Å². The smallest absolute Gasteiger partial charge is 0.271 e. The van der Waals surface area contributed by atoms with Gasteiger partial charge in [-0.25, -0.2) is 0 Å². The number of nitrogens with zero attached hydrogens (tertiary/aromatic N) is 3. The predicted octanol–water partition coefficient (Wildman–Crippen LogP) is 4.54. The molecule has 6 heteroatoms. The summed E-state index contributed by atoms with van der Waals surface area (Å²) in [6, 6.07) is 20.0. The molecule has 6 nitrogen and oxygen atoms in total. The van der Waals surface area contributed by atoms with Gasteiger partial charge in [0, 0.05) is 18.6 Å². The van der Waals surface area contributed by atoms with Crippen LogP contribution in [0.25, 0.3) is 0 Å². The van der Waals surface area contributed by atoms with Gasteiger partial charge in [-0.2, -0.15) is 5.10 Å². The average molecular weight is 333 g/mol. The van der Waals surface area contributed by atoms with Gasteiger partial charge >= 0.3 is 0 Å². The zero-order valence-electron chi connectivity index (χ0n) is 13.3. The lowest BCUT2D eigenvalue weighted by atomic mass is 10.0. The Morgan fingerprint density at radius 2 is 1.92 bits per heavy atom. The van der Waals surface area contributed by atoms with Crippen LogP contribution in [0.15, 0.2) is 82.5 Å². The standard InChI is InChI=1S/C19H15N3O3/c23-22(24)16-9-4-8-15(12-16)21-18(19-10-5-11-25-19)13-17(20-21)14-6-2-1-3-7-14/h1-12,18H,13H2. The van der Waals surface area contributed by atoms with Crippen molar-refractivity contribution >= 4 is 17.1 Å². The Hall–Kier alpha value is -3.41. The summed E-state index contributed by atoms with van der Waals surface area (Å²) in [6.45, 7) is 0. The van der Waals surface area contributed by atoms with Crippen LogP contribution in [0.1, 0.15) is 23.8 Å². The highest BCUT2D eigenvalue weighted by Gasteiger charge is 2.32. The van der Waals surface area contributed by atoms with Crippen LogP contribution in [0.2, 0.25) is 0 Å². The topological polar surface area (TPSA) is 71.9 Å². The maximum atomic E-state index is 11.1. The third-order valence-corrected chi connectivity index (χ3v) is 4.19. The van der Waals surface area contributed by atoms with Crippen LogP contribution < -0.4 is 5.01 Å². The molecule has 4 rings (SSSR count). The SMILES string of the molecule is O=[N+]([O-])c1cccc(N2N=C(c3ccccc3)CC2c2ccco2)c1. The molecule has 124 valence electrons. The fourth-order valence-electron chi connectivity index (χ4n) is 3.01. The Bertz CT molecular complexity index is 920. The van der Waals surface area contributed by atoms with E-state index in [1.54, 1.807) is 17.3 Å². The lowest BCUT2D eigenvalue weighted by Crippen LogP contribution is -2.18. The van der Waals surface area contributed by atoms with Crippen molar-refractivity contribution in [2.45, 2.75) is 12.5 Å². The second-order valence-electron chi connectivity index (χ2n) is 5.77. The van der Waals surface area contributed by atoms with E-state index in [2.05, 4.69) is 0 Å². The van der Waals surface area contributed by atoms with Crippen molar-refractivity contribution in [1.29, 1.82) is 0 Å². The minimum absolute atomic E-state index is 0.0408. The number of nitro benzene ring substituents is 1. The third kappa shape index (κ3) is 2.89. The van der Waals surface area contributed by atoms with E-state index in [0.29, 0.717) is 12.1 Å². The van der Waals surface area contributed by atoms with Crippen LogP contribution in [-0.4, -0.2) is 10.6 Å². The number of hydrazone groups is 1. The zero-order valence-corrected chi connectivity index (χ0v) is 13.3. The van der Waals surface area contributed by atoms with E-state index in [9.17, 15) is 10.1 Å². The molecule has 1 aliphatic heterocycles. The normalized spacial score (nSPS) is 16.7. The van der Waals surface area contributed by atoms with Crippen molar-refractivity contribution in [3.8, 4) is 0 Å². The number of non-ortho nitro benzene ring substituents is 1. The molecule has 0 saturated heterocycles. The lowest BCUT2D eigenvalue weighted by molar-refractivity contribution is -0.384. The second-order valence-corrected chi connectivity index (χ2v) is 5.77. The van der Waals surface area contributed by atoms with Crippen molar-refractivity contribution in [2.75, 3.05) is 5.01 Å². The van der Waals surface area contributed by atoms with Gasteiger partial charge in [0.05, 0.1) is 22.6 Å². The fraction of sp³-hybridized carbons (Fsp3) is 0.105. The summed E-state index contributed by atoms with van der Waals surface area (Å²) in [4.78, 5) is 10.7. The van der Waals surface area contributed by atoms with Gasteiger partial charge in [-0.15, -0.1) is 0 Å². The molecular formula is C19H15N3O3. The minimum Gasteiger partial charge on any atom is -0.467 e. The Labute approximate surface area is 144 Å². The van der Waals surface area contributed by atoms with Crippen LogP contribution in [0.4, 0.5) is 11.4 Å². The van der Waals surface area contributed by atoms with E-state index < -0.39 is 4.92 Å². The van der Waals surface area contributed by atoms with Crippen LogP contribution in [0.5, 0.6) is 0 Å². The molecule has 0 aliphatic carbocycles. The first kappa shape index (κ1) is 15.1. The summed E-state index contributed by atoms with van der Waals surface area (Å²) in [5, 5.41) is 17.6. The van der Waals surface area contributed by atoms with Gasteiger partial charge in [0.1, 0.15) is 11.8 Å². The summed E-state index contributed by atoms with van der Waals surface area (Å²) in [6.07, 6.45) is 2.29. The Morgan fingerprint density at radius 3 is 2.64 bits per heavy atom. The highest BCUT2D eigenvalue weighted by atomic mass is 16.6. The summed E-state index contributed by atoms with van der Waals surface area (Å²) < 4.78 is 5.58. The van der Waals surface area contributed by atoms with Gasteiger partial charge in [0.25, 0.3) is 5.69 Å². The first-order valence-electron chi connectivity index (χ1n) is 7.92. The second kappa shape index (κ2) is 6.24. The molecular weight excluding hydrogens is 318 g/mol. The molecule has 1 unspecified atom stereocenters. The molecule has 25 heavy (non-hydrogen) atoms. The Morgan fingerprint density at radius 1 is 1.08 bits per heavy atom. The summed E-state index contributed by atoms with van der Waals surface area (Å²) in [5.74, 6) is 0.779. The monoisotopic (exact) mass is 333 g/mol. The molecule has 0 N–H and O–H groups in total. The molecule has 0 saturated carbocycles. The Kier molecular flexibility index (Phi) is 3.78. The molecule has 1 aromatic heterocycles. The quantitative estimate of drug-likeness (QED) is 0.519. The maximum absolute atomic E-state index is 11.1. The van der Waals surface area contributed by atoms with E-state index in [4.69, 9.17) is 9.52 Å². The van der Waals surface area contributed by atoms with E-state index >= 15 is 0 Å². The van der Waals surface area contributed by atoms with Crippen molar-refractivity contribution in [1.82, 2.24) is 0 Å². The highest BCUT2D eigenvalue weighted by molar-refractivity contribution is 6.03. The van der Waals surface area contributed by atoms with Crippen molar-refractivity contribution < 1.29 is 9.34 Å². The molecule has 1 aliphatic rings. The van der Waals surface area contributed by atoms with Crippen LogP contribution in [0.3, 0.4) is 0 Å². The Balaban J connectivity index is 1.76. The van der Waals surface area contributed by atoms with E-state index in [1.807, 2.05) is 48.5 Å². The number of anilines is 1. The summed E-state index contributed by atoms with van der Waals surface area (Å²) in [7, 11) is 0. The van der Waals surface area contributed by atoms with Crippen LogP contribution in [0, 0.1) is 10.1 Å². The largest absolute Gasteiger partial charge is 0.467 e. The van der Waals surface area contributed by atoms with Gasteiger partial charge in [-0.05, 0) is 23.8 Å². The molecule has 0 bridgehead atoms. The van der Waals surface area contributed by atoms with Crippen molar-refractivity contribution in [3.63, 3.8) is 0 Å². The first-order chi connectivity index (χ1) is 12.2. The van der Waals surface area contributed by atoms with Gasteiger partial charge < -0.3 is 4.42 Å². The fourth-order valence-corrected chi connectivity index (χ4v) is 3.01. The number of rotatable bonds is 4. The van der Waals surface area contributed by atoms with Crippen molar-refractivity contribution in [2.24, 2.45) is 5.10 Å². The number of hydrogen-bond acceptors (Lipinski definition) is 5. The number of nitro groups is 1. The van der Waals surface area contributed by atoms with Gasteiger partial charge in [0.15, 0.2) is 0 Å². The van der Waals surface area contributed by atoms with Gasteiger partial charge in [0.2, 0.25) is 0 Å².